The molecule has 2 fully saturated rings. The van der Waals surface area contributed by atoms with Crippen LogP contribution in [0.3, 0.4) is 0 Å². The van der Waals surface area contributed by atoms with Gasteiger partial charge in [-0.25, -0.2) is 0 Å². The second-order valence-corrected chi connectivity index (χ2v) is 6.35. The zero-order chi connectivity index (χ0) is 14.7. The van der Waals surface area contributed by atoms with Crippen LogP contribution in [0.2, 0.25) is 0 Å². The number of rotatable bonds is 4. The van der Waals surface area contributed by atoms with Crippen LogP contribution in [0, 0.1) is 13.8 Å². The second-order valence-electron chi connectivity index (χ2n) is 6.35. The number of aromatic nitrogens is 2. The average Bonchev–Trinajstić information content (AvgIpc) is 2.78. The predicted molar refractivity (Wildman–Crippen MR) is 81.5 cm³/mol. The van der Waals surface area contributed by atoms with Crippen molar-refractivity contribution < 1.29 is 9.47 Å². The zero-order valence-electron chi connectivity index (χ0n) is 13.3. The van der Waals surface area contributed by atoms with E-state index in [1.165, 1.54) is 25.0 Å². The van der Waals surface area contributed by atoms with Gasteiger partial charge in [0.05, 0.1) is 31.1 Å². The third kappa shape index (κ3) is 4.05. The molecule has 3 rings (SSSR count). The topological polar surface area (TPSA) is 39.5 Å². The van der Waals surface area contributed by atoms with Gasteiger partial charge in [-0.1, -0.05) is 0 Å². The zero-order valence-corrected chi connectivity index (χ0v) is 13.3. The van der Waals surface area contributed by atoms with Crippen LogP contribution in [0.1, 0.15) is 30.7 Å². The molecule has 0 radical (unpaired) electrons. The summed E-state index contributed by atoms with van der Waals surface area (Å²) in [6.45, 7) is 9.81. The summed E-state index contributed by atoms with van der Waals surface area (Å²) in [7, 11) is 0. The van der Waals surface area contributed by atoms with Gasteiger partial charge in [-0.3, -0.25) is 9.58 Å². The van der Waals surface area contributed by atoms with Crippen molar-refractivity contribution in [2.45, 2.75) is 51.9 Å². The average molecular weight is 293 g/mol. The molecule has 0 saturated carbocycles. The van der Waals surface area contributed by atoms with Gasteiger partial charge in [0, 0.05) is 31.9 Å². The van der Waals surface area contributed by atoms with Crippen molar-refractivity contribution in [3.8, 4) is 0 Å². The van der Waals surface area contributed by atoms with Crippen LogP contribution in [0.5, 0.6) is 0 Å². The molecule has 0 unspecified atom stereocenters. The molecule has 0 aromatic carbocycles. The van der Waals surface area contributed by atoms with Crippen molar-refractivity contribution in [1.29, 1.82) is 0 Å². The van der Waals surface area contributed by atoms with Gasteiger partial charge in [0.25, 0.3) is 0 Å². The molecule has 5 nitrogen and oxygen atoms in total. The fourth-order valence-electron chi connectivity index (χ4n) is 3.35. The molecule has 0 bridgehead atoms. The summed E-state index contributed by atoms with van der Waals surface area (Å²) in [6, 6.07) is 2.12. The monoisotopic (exact) mass is 293 g/mol. The van der Waals surface area contributed by atoms with E-state index in [-0.39, 0.29) is 6.10 Å². The molecule has 2 saturated heterocycles. The summed E-state index contributed by atoms with van der Waals surface area (Å²) < 4.78 is 13.8. The van der Waals surface area contributed by atoms with Crippen LogP contribution in [0.25, 0.3) is 0 Å². The highest BCUT2D eigenvalue weighted by Gasteiger charge is 2.25. The van der Waals surface area contributed by atoms with Gasteiger partial charge in [0.1, 0.15) is 0 Å². The predicted octanol–water partition coefficient (Wildman–Crippen LogP) is 1.77. The Bertz CT molecular complexity index is 454. The Morgan fingerprint density at radius 2 is 2.00 bits per heavy atom. The molecular weight excluding hydrogens is 266 g/mol. The third-order valence-corrected chi connectivity index (χ3v) is 4.44. The Hall–Kier alpha value is -0.910. The number of nitrogens with zero attached hydrogens (tertiary/aromatic N) is 3. The van der Waals surface area contributed by atoms with Crippen molar-refractivity contribution in [3.63, 3.8) is 0 Å². The van der Waals surface area contributed by atoms with Crippen molar-refractivity contribution >= 4 is 0 Å². The highest BCUT2D eigenvalue weighted by molar-refractivity contribution is 5.06. The van der Waals surface area contributed by atoms with E-state index >= 15 is 0 Å². The lowest BCUT2D eigenvalue weighted by Gasteiger charge is -2.36. The van der Waals surface area contributed by atoms with Crippen LogP contribution < -0.4 is 0 Å². The number of hydrogen-bond acceptors (Lipinski definition) is 4. The van der Waals surface area contributed by atoms with E-state index in [9.17, 15) is 0 Å². The maximum Gasteiger partial charge on any atom is 0.0898 e. The Kier molecular flexibility index (Phi) is 4.93. The van der Waals surface area contributed by atoms with Crippen LogP contribution in [-0.4, -0.2) is 59.7 Å². The first-order valence-corrected chi connectivity index (χ1v) is 8.17. The largest absolute Gasteiger partial charge is 0.377 e. The number of aryl methyl sites for hydroxylation is 2. The summed E-state index contributed by atoms with van der Waals surface area (Å²) in [5.74, 6) is 0. The first-order chi connectivity index (χ1) is 10.2. The number of morpholine rings is 1. The van der Waals surface area contributed by atoms with Gasteiger partial charge in [0.2, 0.25) is 0 Å². The van der Waals surface area contributed by atoms with Gasteiger partial charge in [0.15, 0.2) is 0 Å². The maximum absolute atomic E-state index is 5.92. The smallest absolute Gasteiger partial charge is 0.0898 e. The summed E-state index contributed by atoms with van der Waals surface area (Å²) in [6.07, 6.45) is 4.40. The molecule has 1 aromatic heterocycles. The van der Waals surface area contributed by atoms with Crippen LogP contribution in [0.15, 0.2) is 6.07 Å². The minimum atomic E-state index is 0.236. The lowest BCUT2D eigenvalue weighted by molar-refractivity contribution is -0.0652. The SMILES string of the molecule is Cc1cc(C)n(C[C@@H]2CN(C[C@H]3CCCCO3)CCO2)n1. The minimum absolute atomic E-state index is 0.236. The lowest BCUT2D eigenvalue weighted by Crippen LogP contribution is -2.47. The molecule has 5 heteroatoms. The Balaban J connectivity index is 1.51. The molecule has 21 heavy (non-hydrogen) atoms. The lowest BCUT2D eigenvalue weighted by atomic mass is 10.1. The summed E-state index contributed by atoms with van der Waals surface area (Å²) >= 11 is 0. The molecule has 1 aromatic rings. The third-order valence-electron chi connectivity index (χ3n) is 4.44. The van der Waals surface area contributed by atoms with Crippen LogP contribution in [-0.2, 0) is 16.0 Å². The highest BCUT2D eigenvalue weighted by Crippen LogP contribution is 2.16. The van der Waals surface area contributed by atoms with E-state index < -0.39 is 0 Å². The van der Waals surface area contributed by atoms with Crippen LogP contribution >= 0.6 is 0 Å². The standard InChI is InChI=1S/C16H27N3O2/c1-13-9-14(2)19(17-13)12-16-11-18(6-8-21-16)10-15-5-3-4-7-20-15/h9,15-16H,3-8,10-12H2,1-2H3/t15-,16+/m1/s1. The molecule has 2 aliphatic rings. The fraction of sp³-hybridized carbons (Fsp3) is 0.812. The van der Waals surface area contributed by atoms with Crippen LogP contribution in [0.4, 0.5) is 0 Å². The first-order valence-electron chi connectivity index (χ1n) is 8.17. The number of hydrogen-bond donors (Lipinski definition) is 0. The Labute approximate surface area is 127 Å². The fourth-order valence-corrected chi connectivity index (χ4v) is 3.35. The van der Waals surface area contributed by atoms with Crippen molar-refractivity contribution in [3.05, 3.63) is 17.5 Å². The van der Waals surface area contributed by atoms with E-state index in [4.69, 9.17) is 9.47 Å². The van der Waals surface area contributed by atoms with E-state index in [1.54, 1.807) is 0 Å². The maximum atomic E-state index is 5.92. The quantitative estimate of drug-likeness (QED) is 0.848. The highest BCUT2D eigenvalue weighted by atomic mass is 16.5. The van der Waals surface area contributed by atoms with Crippen molar-refractivity contribution in [1.82, 2.24) is 14.7 Å². The van der Waals surface area contributed by atoms with Gasteiger partial charge < -0.3 is 9.47 Å². The molecule has 0 amide bonds. The molecule has 3 heterocycles. The molecule has 0 N–H and O–H groups in total. The van der Waals surface area contributed by atoms with Crippen molar-refractivity contribution in [2.24, 2.45) is 0 Å². The molecule has 2 atom stereocenters. The second kappa shape index (κ2) is 6.90. The summed E-state index contributed by atoms with van der Waals surface area (Å²) in [4.78, 5) is 2.50. The minimum Gasteiger partial charge on any atom is -0.377 e. The normalized spacial score (nSPS) is 27.9. The first kappa shape index (κ1) is 15.0. The summed E-state index contributed by atoms with van der Waals surface area (Å²) in [5, 5.41) is 4.54. The van der Waals surface area contributed by atoms with Gasteiger partial charge in [-0.05, 0) is 39.2 Å². The Morgan fingerprint density at radius 1 is 1.14 bits per heavy atom. The van der Waals surface area contributed by atoms with E-state index in [2.05, 4.69) is 27.7 Å². The molecular formula is C16H27N3O2. The van der Waals surface area contributed by atoms with Gasteiger partial charge >= 0.3 is 0 Å². The van der Waals surface area contributed by atoms with Gasteiger partial charge in [-0.15, -0.1) is 0 Å². The molecule has 0 aliphatic carbocycles. The molecule has 118 valence electrons. The summed E-state index contributed by atoms with van der Waals surface area (Å²) in [5.41, 5.74) is 2.29. The Morgan fingerprint density at radius 3 is 2.71 bits per heavy atom. The van der Waals surface area contributed by atoms with E-state index in [1.807, 2.05) is 6.92 Å². The van der Waals surface area contributed by atoms with E-state index in [0.717, 1.165) is 45.1 Å². The molecule has 2 aliphatic heterocycles. The number of ether oxygens (including phenoxy) is 2. The molecule has 0 spiro atoms. The van der Waals surface area contributed by atoms with Gasteiger partial charge in [-0.2, -0.15) is 5.10 Å². The van der Waals surface area contributed by atoms with E-state index in [0.29, 0.717) is 6.10 Å². The van der Waals surface area contributed by atoms with Crippen molar-refractivity contribution in [2.75, 3.05) is 32.8 Å².